The number of likely N-dealkylation sites (N-methyl/N-ethyl adjacent to an activating group) is 1. The van der Waals surface area contributed by atoms with Crippen LogP contribution in [0.5, 0.6) is 0 Å². The SMILES string of the molecule is CC(C)N(C)CC(=O)N1CCC(N)C(C)(C)C1.Cl.Cl. The van der Waals surface area contributed by atoms with Gasteiger partial charge >= 0.3 is 0 Å². The molecule has 116 valence electrons. The van der Waals surface area contributed by atoms with Crippen molar-refractivity contribution in [3.05, 3.63) is 0 Å². The van der Waals surface area contributed by atoms with Gasteiger partial charge in [0.15, 0.2) is 0 Å². The maximum absolute atomic E-state index is 12.2. The van der Waals surface area contributed by atoms with Gasteiger partial charge in [0, 0.05) is 25.2 Å². The molecule has 1 heterocycles. The van der Waals surface area contributed by atoms with Crippen molar-refractivity contribution in [2.75, 3.05) is 26.7 Å². The molecule has 1 aliphatic heterocycles. The molecule has 0 radical (unpaired) electrons. The largest absolute Gasteiger partial charge is 0.341 e. The van der Waals surface area contributed by atoms with E-state index in [1.807, 2.05) is 11.9 Å². The van der Waals surface area contributed by atoms with Crippen molar-refractivity contribution in [2.45, 2.75) is 46.2 Å². The summed E-state index contributed by atoms with van der Waals surface area (Å²) in [4.78, 5) is 16.2. The molecule has 1 aliphatic rings. The molecule has 1 unspecified atom stereocenters. The number of amides is 1. The Morgan fingerprint density at radius 3 is 2.37 bits per heavy atom. The highest BCUT2D eigenvalue weighted by atomic mass is 35.5. The van der Waals surface area contributed by atoms with Gasteiger partial charge in [-0.15, -0.1) is 24.8 Å². The number of hydrogen-bond acceptors (Lipinski definition) is 3. The van der Waals surface area contributed by atoms with Gasteiger partial charge in [0.1, 0.15) is 0 Å². The summed E-state index contributed by atoms with van der Waals surface area (Å²) in [6.07, 6.45) is 0.907. The summed E-state index contributed by atoms with van der Waals surface area (Å²) in [6.45, 7) is 10.6. The van der Waals surface area contributed by atoms with E-state index in [1.54, 1.807) is 0 Å². The van der Waals surface area contributed by atoms with Crippen molar-refractivity contribution in [1.29, 1.82) is 0 Å². The zero-order chi connectivity index (χ0) is 13.2. The average molecular weight is 314 g/mol. The molecular formula is C13H29Cl2N3O. The monoisotopic (exact) mass is 313 g/mol. The molecule has 4 nitrogen and oxygen atoms in total. The molecule has 0 bridgehead atoms. The third kappa shape index (κ3) is 5.86. The van der Waals surface area contributed by atoms with E-state index >= 15 is 0 Å². The lowest BCUT2D eigenvalue weighted by atomic mass is 9.79. The van der Waals surface area contributed by atoms with Crippen LogP contribution in [0.15, 0.2) is 0 Å². The Hall–Kier alpha value is -0.0300. The van der Waals surface area contributed by atoms with Crippen LogP contribution >= 0.6 is 24.8 Å². The van der Waals surface area contributed by atoms with E-state index < -0.39 is 0 Å². The predicted octanol–water partition coefficient (Wildman–Crippen LogP) is 1.76. The fourth-order valence-electron chi connectivity index (χ4n) is 2.08. The molecule has 1 atom stereocenters. The summed E-state index contributed by atoms with van der Waals surface area (Å²) in [6, 6.07) is 0.605. The highest BCUT2D eigenvalue weighted by molar-refractivity contribution is 5.85. The van der Waals surface area contributed by atoms with Crippen LogP contribution in [-0.2, 0) is 4.79 Å². The summed E-state index contributed by atoms with van der Waals surface area (Å²) in [5.41, 5.74) is 6.11. The third-order valence-electron chi connectivity index (χ3n) is 3.93. The molecule has 0 spiro atoms. The molecule has 1 fully saturated rings. The van der Waals surface area contributed by atoms with Crippen LogP contribution in [0.2, 0.25) is 0 Å². The molecule has 2 N–H and O–H groups in total. The standard InChI is InChI=1S/C13H27N3O.2ClH/c1-10(2)15(5)8-12(17)16-7-6-11(14)13(3,4)9-16;;/h10-11H,6-9,14H2,1-5H3;2*1H. The second-order valence-electron chi connectivity index (χ2n) is 6.21. The number of nitrogens with zero attached hydrogens (tertiary/aromatic N) is 2. The smallest absolute Gasteiger partial charge is 0.236 e. The molecule has 0 aromatic rings. The van der Waals surface area contributed by atoms with Crippen molar-refractivity contribution in [2.24, 2.45) is 11.1 Å². The normalized spacial score (nSPS) is 21.9. The number of likely N-dealkylation sites (tertiary alicyclic amines) is 1. The molecule has 0 saturated carbocycles. The van der Waals surface area contributed by atoms with E-state index in [1.165, 1.54) is 0 Å². The van der Waals surface area contributed by atoms with Crippen LogP contribution in [0.25, 0.3) is 0 Å². The second-order valence-corrected chi connectivity index (χ2v) is 6.21. The summed E-state index contributed by atoms with van der Waals surface area (Å²) >= 11 is 0. The van der Waals surface area contributed by atoms with Crippen LogP contribution in [-0.4, -0.2) is 54.5 Å². The van der Waals surface area contributed by atoms with Crippen molar-refractivity contribution < 1.29 is 4.79 Å². The van der Waals surface area contributed by atoms with Crippen molar-refractivity contribution in [1.82, 2.24) is 9.80 Å². The van der Waals surface area contributed by atoms with Gasteiger partial charge in [0.2, 0.25) is 5.91 Å². The van der Waals surface area contributed by atoms with E-state index in [-0.39, 0.29) is 42.2 Å². The van der Waals surface area contributed by atoms with Gasteiger partial charge in [-0.25, -0.2) is 0 Å². The lowest BCUT2D eigenvalue weighted by Crippen LogP contribution is -2.55. The number of halogens is 2. The number of carbonyl (C=O) groups is 1. The average Bonchev–Trinajstić information content (AvgIpc) is 2.21. The topological polar surface area (TPSA) is 49.6 Å². The lowest BCUT2D eigenvalue weighted by molar-refractivity contribution is -0.135. The van der Waals surface area contributed by atoms with E-state index in [0.717, 1.165) is 19.5 Å². The Labute approximate surface area is 129 Å². The number of carbonyl (C=O) groups excluding carboxylic acids is 1. The van der Waals surface area contributed by atoms with Crippen molar-refractivity contribution in [3.8, 4) is 0 Å². The summed E-state index contributed by atoms with van der Waals surface area (Å²) in [5, 5.41) is 0. The Morgan fingerprint density at radius 2 is 1.95 bits per heavy atom. The van der Waals surface area contributed by atoms with E-state index in [2.05, 4.69) is 32.6 Å². The molecule has 1 saturated heterocycles. The van der Waals surface area contributed by atoms with Crippen LogP contribution in [0.3, 0.4) is 0 Å². The van der Waals surface area contributed by atoms with Gasteiger partial charge in [-0.1, -0.05) is 13.8 Å². The van der Waals surface area contributed by atoms with Gasteiger partial charge in [0.05, 0.1) is 6.54 Å². The zero-order valence-electron chi connectivity index (χ0n) is 12.7. The first-order valence-corrected chi connectivity index (χ1v) is 6.47. The molecule has 1 amide bonds. The minimum atomic E-state index is 0. The molecule has 0 aromatic carbocycles. The van der Waals surface area contributed by atoms with E-state index in [9.17, 15) is 4.79 Å². The van der Waals surface area contributed by atoms with Crippen LogP contribution in [0.1, 0.15) is 34.1 Å². The quantitative estimate of drug-likeness (QED) is 0.863. The lowest BCUT2D eigenvalue weighted by Gasteiger charge is -2.43. The minimum absolute atomic E-state index is 0. The molecule has 6 heteroatoms. The van der Waals surface area contributed by atoms with Crippen LogP contribution < -0.4 is 5.73 Å². The van der Waals surface area contributed by atoms with Crippen LogP contribution in [0, 0.1) is 5.41 Å². The highest BCUT2D eigenvalue weighted by Gasteiger charge is 2.35. The van der Waals surface area contributed by atoms with E-state index in [4.69, 9.17) is 5.73 Å². The van der Waals surface area contributed by atoms with Gasteiger partial charge in [-0.3, -0.25) is 9.69 Å². The number of nitrogens with two attached hydrogens (primary N) is 1. The first kappa shape index (κ1) is 21.3. The zero-order valence-corrected chi connectivity index (χ0v) is 14.3. The molecule has 0 aromatic heterocycles. The fourth-order valence-corrected chi connectivity index (χ4v) is 2.08. The number of piperidine rings is 1. The summed E-state index contributed by atoms with van der Waals surface area (Å²) in [5.74, 6) is 0.223. The summed E-state index contributed by atoms with van der Waals surface area (Å²) < 4.78 is 0. The third-order valence-corrected chi connectivity index (χ3v) is 3.93. The van der Waals surface area contributed by atoms with E-state index in [0.29, 0.717) is 12.6 Å². The molecule has 19 heavy (non-hydrogen) atoms. The predicted molar refractivity (Wildman–Crippen MR) is 85.2 cm³/mol. The Morgan fingerprint density at radius 1 is 1.42 bits per heavy atom. The van der Waals surface area contributed by atoms with Gasteiger partial charge < -0.3 is 10.6 Å². The Kier molecular flexibility index (Phi) is 9.29. The highest BCUT2D eigenvalue weighted by Crippen LogP contribution is 2.27. The van der Waals surface area contributed by atoms with Gasteiger partial charge in [-0.05, 0) is 32.7 Å². The number of rotatable bonds is 3. The van der Waals surface area contributed by atoms with Gasteiger partial charge in [-0.2, -0.15) is 0 Å². The second kappa shape index (κ2) is 8.30. The van der Waals surface area contributed by atoms with Crippen molar-refractivity contribution in [3.63, 3.8) is 0 Å². The first-order chi connectivity index (χ1) is 7.74. The minimum Gasteiger partial charge on any atom is -0.341 e. The van der Waals surface area contributed by atoms with Crippen molar-refractivity contribution >= 4 is 30.7 Å². The Balaban J connectivity index is 0. The maximum Gasteiger partial charge on any atom is 0.236 e. The molecule has 1 rings (SSSR count). The van der Waals surface area contributed by atoms with Gasteiger partial charge in [0.25, 0.3) is 0 Å². The molecule has 0 aliphatic carbocycles. The molecular weight excluding hydrogens is 285 g/mol. The maximum atomic E-state index is 12.2. The fraction of sp³-hybridized carbons (Fsp3) is 0.923. The number of hydrogen-bond donors (Lipinski definition) is 1. The summed E-state index contributed by atoms with van der Waals surface area (Å²) in [7, 11) is 1.99. The van der Waals surface area contributed by atoms with Crippen LogP contribution in [0.4, 0.5) is 0 Å². The first-order valence-electron chi connectivity index (χ1n) is 6.47. The Bertz CT molecular complexity index is 285.